The fraction of sp³-hybridized carbons (Fsp3) is 0. The topological polar surface area (TPSA) is 29.4 Å². The maximum atomic E-state index is 9.41. The summed E-state index contributed by atoms with van der Waals surface area (Å²) in [6.07, 6.45) is 0. The summed E-state index contributed by atoms with van der Waals surface area (Å²) in [5.74, 6) is 0. The van der Waals surface area contributed by atoms with Gasteiger partial charge < -0.3 is 0 Å². The second-order valence-electron chi connectivity index (χ2n) is 0.273. The van der Waals surface area contributed by atoms with E-state index < -0.39 is 23.5 Å². The molecule has 0 aliphatic rings. The molecule has 0 saturated carbocycles. The van der Waals surface area contributed by atoms with Crippen molar-refractivity contribution in [2.24, 2.45) is 2.94 Å². The molecule has 0 aromatic carbocycles. The fourth-order valence-electron chi connectivity index (χ4n) is 0.0167. The van der Waals surface area contributed by atoms with E-state index in [0.29, 0.717) is 0 Å². The molecular weight excluding hydrogens is 283 g/mol. The fourth-order valence-corrected chi connectivity index (χ4v) is 0.439. The Kier molecular flexibility index (Phi) is 4.92. The third-order valence-electron chi connectivity index (χ3n) is 0.0816. The molecule has 0 N–H and O–H groups in total. The molecule has 4 heteroatoms. The summed E-state index contributed by atoms with van der Waals surface area (Å²) >= 11 is 2.37. The molecule has 0 amide bonds. The average molecular weight is 283 g/mol. The van der Waals surface area contributed by atoms with Gasteiger partial charge in [0.2, 0.25) is 0 Å². The van der Waals surface area contributed by atoms with Gasteiger partial charge in [-0.25, -0.2) is 0 Å². The summed E-state index contributed by atoms with van der Waals surface area (Å²) in [5.41, 5.74) is 0. The van der Waals surface area contributed by atoms with Crippen LogP contribution in [0.4, 0.5) is 0 Å². The van der Waals surface area contributed by atoms with Crippen molar-refractivity contribution in [1.29, 1.82) is 0 Å². The first-order chi connectivity index (χ1) is 2.41. The van der Waals surface area contributed by atoms with Crippen molar-refractivity contribution in [2.45, 2.75) is 0 Å². The van der Waals surface area contributed by atoms with Crippen molar-refractivity contribution < 1.29 is 2.81 Å². The minimum atomic E-state index is -1.71. The predicted molar refractivity (Wildman–Crippen MR) is 21.5 cm³/mol. The first kappa shape index (κ1) is 5.48. The van der Waals surface area contributed by atoms with Gasteiger partial charge in [-0.05, 0) is 0 Å². The van der Waals surface area contributed by atoms with E-state index in [-0.39, 0.29) is 0 Å². The molecule has 0 aliphatic carbocycles. The molecule has 0 bridgehead atoms. The van der Waals surface area contributed by atoms with E-state index in [0.717, 1.165) is 0 Å². The van der Waals surface area contributed by atoms with E-state index >= 15 is 0 Å². The SMILES string of the molecule is [O]=[Bi][N]=C=S. The quantitative estimate of drug-likeness (QED) is 0.387. The van der Waals surface area contributed by atoms with E-state index in [1.54, 1.807) is 0 Å². The standard InChI is InChI=1S/CNS.Bi.O/c2-1-3;;/q-1;+1;. The molecule has 26 valence electrons. The van der Waals surface area contributed by atoms with Gasteiger partial charge in [0.25, 0.3) is 0 Å². The Morgan fingerprint density at radius 1 is 2.00 bits per heavy atom. The molecule has 0 aliphatic heterocycles. The molecule has 0 unspecified atom stereocenters. The molecule has 0 aromatic heterocycles. The predicted octanol–water partition coefficient (Wildman–Crippen LogP) is 0.0539. The summed E-state index contributed by atoms with van der Waals surface area (Å²) in [6, 6.07) is 0. The van der Waals surface area contributed by atoms with E-state index in [1.165, 1.54) is 0 Å². The van der Waals surface area contributed by atoms with Crippen molar-refractivity contribution >= 4 is 40.9 Å². The molecule has 0 radical (unpaired) electrons. The Morgan fingerprint density at radius 3 is 2.60 bits per heavy atom. The van der Waals surface area contributed by atoms with Crippen LogP contribution in [0.3, 0.4) is 0 Å². The Hall–Kier alpha value is 0.483. The zero-order valence-corrected chi connectivity index (χ0v) is 6.50. The molecule has 0 fully saturated rings. The van der Waals surface area contributed by atoms with Gasteiger partial charge in [0.1, 0.15) is 0 Å². The van der Waals surface area contributed by atoms with Crippen LogP contribution in [0.15, 0.2) is 2.94 Å². The van der Waals surface area contributed by atoms with E-state index in [2.05, 4.69) is 15.2 Å². The van der Waals surface area contributed by atoms with Crippen molar-refractivity contribution in [3.8, 4) is 0 Å². The van der Waals surface area contributed by atoms with Gasteiger partial charge in [0.05, 0.1) is 0 Å². The van der Waals surface area contributed by atoms with E-state index in [4.69, 9.17) is 0 Å². The summed E-state index contributed by atoms with van der Waals surface area (Å²) in [5, 5.41) is 1.99. The number of hydrogen-bond acceptors (Lipinski definition) is 2. The maximum absolute atomic E-state index is 9.41. The van der Waals surface area contributed by atoms with Gasteiger partial charge in [-0.3, -0.25) is 0 Å². The van der Waals surface area contributed by atoms with Crippen LogP contribution in [0, 0.1) is 0 Å². The Balaban J connectivity index is 3.31. The van der Waals surface area contributed by atoms with E-state index in [9.17, 15) is 2.81 Å². The Morgan fingerprint density at radius 2 is 2.60 bits per heavy atom. The first-order valence-electron chi connectivity index (χ1n) is 0.810. The summed E-state index contributed by atoms with van der Waals surface area (Å²) in [7, 11) is 0. The Labute approximate surface area is 46.7 Å². The van der Waals surface area contributed by atoms with Gasteiger partial charge >= 0.3 is 46.7 Å². The van der Waals surface area contributed by atoms with Gasteiger partial charge in [0.15, 0.2) is 0 Å². The number of nitrogens with zero attached hydrogens (tertiary/aromatic N) is 1. The van der Waals surface area contributed by atoms with Gasteiger partial charge in [-0.1, -0.05) is 0 Å². The average Bonchev–Trinajstić information content (AvgIpc) is 1.41. The van der Waals surface area contributed by atoms with E-state index in [1.807, 2.05) is 5.16 Å². The minimum absolute atomic E-state index is 1.71. The van der Waals surface area contributed by atoms with Crippen LogP contribution in [0.5, 0.6) is 0 Å². The third-order valence-corrected chi connectivity index (χ3v) is 1.43. The van der Waals surface area contributed by atoms with Crippen LogP contribution in [0.25, 0.3) is 0 Å². The summed E-state index contributed by atoms with van der Waals surface area (Å²) in [4.78, 5) is 0. The molecule has 0 saturated heterocycles. The van der Waals surface area contributed by atoms with Gasteiger partial charge in [-0.2, -0.15) is 0 Å². The van der Waals surface area contributed by atoms with Crippen LogP contribution in [-0.4, -0.2) is 28.7 Å². The summed E-state index contributed by atoms with van der Waals surface area (Å²) < 4.78 is 12.6. The van der Waals surface area contributed by atoms with Crippen LogP contribution in [0.1, 0.15) is 0 Å². The zero-order chi connectivity index (χ0) is 4.12. The molecule has 5 heavy (non-hydrogen) atoms. The Bertz CT molecular complexity index is 75.7. The second-order valence-corrected chi connectivity index (χ2v) is 1.87. The molecule has 0 aromatic rings. The van der Waals surface area contributed by atoms with Crippen molar-refractivity contribution in [2.75, 3.05) is 0 Å². The summed E-state index contributed by atoms with van der Waals surface area (Å²) in [6.45, 7) is 0. The first-order valence-corrected chi connectivity index (χ1v) is 4.19. The van der Waals surface area contributed by atoms with Crippen molar-refractivity contribution in [3.63, 3.8) is 0 Å². The zero-order valence-electron chi connectivity index (χ0n) is 2.21. The second kappa shape index (κ2) is 4.48. The normalized spacial score (nSPS) is 4.80. The monoisotopic (exact) mass is 283 g/mol. The molecule has 0 heterocycles. The number of thiocarbonyl (C=S) groups is 1. The number of hydrogen-bond donors (Lipinski definition) is 0. The molecule has 2 nitrogen and oxygen atoms in total. The molecule has 0 rings (SSSR count). The molecule has 0 spiro atoms. The molecular formula is CBiNOS. The van der Waals surface area contributed by atoms with Crippen molar-refractivity contribution in [1.82, 2.24) is 0 Å². The van der Waals surface area contributed by atoms with Crippen LogP contribution >= 0.6 is 12.2 Å². The van der Waals surface area contributed by atoms with Crippen LogP contribution < -0.4 is 0 Å². The van der Waals surface area contributed by atoms with Crippen LogP contribution in [0.2, 0.25) is 0 Å². The van der Waals surface area contributed by atoms with Gasteiger partial charge in [0, 0.05) is 0 Å². The molecule has 0 atom stereocenters. The third kappa shape index (κ3) is 4.48. The van der Waals surface area contributed by atoms with Gasteiger partial charge in [-0.15, -0.1) is 0 Å². The van der Waals surface area contributed by atoms with Crippen LogP contribution in [-0.2, 0) is 2.81 Å². The van der Waals surface area contributed by atoms with Crippen molar-refractivity contribution in [3.05, 3.63) is 0 Å². The number of isothiocyanates is 1. The number of rotatable bonds is 1.